The maximum Gasteiger partial charge on any atom is 0.230 e. The lowest BCUT2D eigenvalue weighted by Crippen LogP contribution is -2.27. The zero-order valence-electron chi connectivity index (χ0n) is 14.5. The van der Waals surface area contributed by atoms with Gasteiger partial charge >= 0.3 is 0 Å². The number of nitrogens with one attached hydrogen (secondary N) is 2. The molecule has 1 aromatic carbocycles. The van der Waals surface area contributed by atoms with E-state index in [1.165, 1.54) is 0 Å². The molecular weight excluding hydrogens is 373 g/mol. The zero-order chi connectivity index (χ0) is 18.3. The summed E-state index contributed by atoms with van der Waals surface area (Å²) in [4.78, 5) is 17.2. The third-order valence-corrected chi connectivity index (χ3v) is 5.60. The van der Waals surface area contributed by atoms with Crippen molar-refractivity contribution in [2.75, 3.05) is 18.4 Å². The molecule has 138 valence electrons. The molecule has 1 saturated carbocycles. The molecule has 2 unspecified atom stereocenters. The number of piperidine rings is 1. The first-order valence-corrected chi connectivity index (χ1v) is 9.65. The van der Waals surface area contributed by atoms with Crippen molar-refractivity contribution >= 4 is 35.1 Å². The summed E-state index contributed by atoms with van der Waals surface area (Å²) in [5.41, 5.74) is 1.01. The minimum absolute atomic E-state index is 0.0292. The predicted octanol–water partition coefficient (Wildman–Crippen LogP) is 3.33. The Balaban J connectivity index is 1.42. The largest absolute Gasteiger partial charge is 0.317 e. The van der Waals surface area contributed by atoms with Crippen molar-refractivity contribution in [1.82, 2.24) is 20.1 Å². The molecule has 1 saturated heterocycles. The Labute approximate surface area is 162 Å². The Kier molecular flexibility index (Phi) is 4.90. The fraction of sp³-hybridized carbons (Fsp3) is 0.500. The molecule has 4 rings (SSSR count). The van der Waals surface area contributed by atoms with E-state index in [9.17, 15) is 4.79 Å². The van der Waals surface area contributed by atoms with Gasteiger partial charge in [-0.25, -0.2) is 4.68 Å². The highest BCUT2D eigenvalue weighted by Gasteiger charge is 2.44. The number of benzene rings is 1. The molecule has 1 aliphatic heterocycles. The van der Waals surface area contributed by atoms with Gasteiger partial charge in [-0.2, -0.15) is 10.1 Å². The molecule has 2 aromatic rings. The van der Waals surface area contributed by atoms with E-state index in [-0.39, 0.29) is 17.7 Å². The maximum absolute atomic E-state index is 12.6. The second kappa shape index (κ2) is 7.18. The third-order valence-electron chi connectivity index (χ3n) is 5.16. The van der Waals surface area contributed by atoms with Crippen molar-refractivity contribution in [3.05, 3.63) is 39.6 Å². The van der Waals surface area contributed by atoms with Gasteiger partial charge in [0.1, 0.15) is 0 Å². The summed E-state index contributed by atoms with van der Waals surface area (Å²) in [5.74, 6) is 1.73. The summed E-state index contributed by atoms with van der Waals surface area (Å²) in [6.07, 6.45) is 2.84. The molecule has 2 atom stereocenters. The van der Waals surface area contributed by atoms with Crippen LogP contribution < -0.4 is 10.6 Å². The van der Waals surface area contributed by atoms with Crippen LogP contribution in [0.25, 0.3) is 0 Å². The molecular formula is C18H21Cl2N5O. The van der Waals surface area contributed by atoms with Crippen LogP contribution in [-0.4, -0.2) is 33.8 Å². The van der Waals surface area contributed by atoms with Crippen LogP contribution in [0.3, 0.4) is 0 Å². The molecule has 0 spiro atoms. The lowest BCUT2D eigenvalue weighted by molar-refractivity contribution is -0.117. The Morgan fingerprint density at radius 2 is 1.92 bits per heavy atom. The molecule has 2 N–H and O–H groups in total. The first kappa shape index (κ1) is 17.8. The number of amides is 1. The highest BCUT2D eigenvalue weighted by Crippen LogP contribution is 2.49. The van der Waals surface area contributed by atoms with Crippen molar-refractivity contribution < 1.29 is 4.79 Å². The van der Waals surface area contributed by atoms with Crippen LogP contribution in [-0.2, 0) is 11.8 Å². The van der Waals surface area contributed by atoms with Crippen LogP contribution >= 0.6 is 23.2 Å². The van der Waals surface area contributed by atoms with E-state index < -0.39 is 0 Å². The molecule has 6 nitrogen and oxygen atoms in total. The van der Waals surface area contributed by atoms with Crippen LogP contribution in [0.15, 0.2) is 18.2 Å². The van der Waals surface area contributed by atoms with E-state index in [1.54, 1.807) is 10.7 Å². The van der Waals surface area contributed by atoms with Crippen LogP contribution in [0, 0.1) is 5.92 Å². The highest BCUT2D eigenvalue weighted by atomic mass is 35.5. The molecule has 1 aliphatic carbocycles. The van der Waals surface area contributed by atoms with Crippen LogP contribution in [0.2, 0.25) is 10.0 Å². The van der Waals surface area contributed by atoms with Gasteiger partial charge in [0.15, 0.2) is 5.82 Å². The van der Waals surface area contributed by atoms with Crippen molar-refractivity contribution in [3.63, 3.8) is 0 Å². The number of nitrogens with zero attached hydrogens (tertiary/aromatic N) is 3. The quantitative estimate of drug-likeness (QED) is 0.835. The minimum Gasteiger partial charge on any atom is -0.317 e. The number of halogens is 2. The Hall–Kier alpha value is -1.63. The third kappa shape index (κ3) is 3.72. The second-order valence-corrected chi connectivity index (χ2v) is 7.96. The molecule has 26 heavy (non-hydrogen) atoms. The predicted molar refractivity (Wildman–Crippen MR) is 102 cm³/mol. The van der Waals surface area contributed by atoms with E-state index in [1.807, 2.05) is 19.2 Å². The van der Waals surface area contributed by atoms with Crippen molar-refractivity contribution in [2.24, 2.45) is 13.0 Å². The number of aromatic nitrogens is 3. The summed E-state index contributed by atoms with van der Waals surface area (Å²) >= 11 is 12.1. The van der Waals surface area contributed by atoms with Crippen LogP contribution in [0.5, 0.6) is 0 Å². The van der Waals surface area contributed by atoms with Crippen molar-refractivity contribution in [1.29, 1.82) is 0 Å². The number of aryl methyl sites for hydroxylation is 1. The van der Waals surface area contributed by atoms with Crippen molar-refractivity contribution in [2.45, 2.75) is 31.1 Å². The van der Waals surface area contributed by atoms with E-state index in [0.717, 1.165) is 43.7 Å². The molecule has 2 aliphatic rings. The lowest BCUT2D eigenvalue weighted by atomic mass is 9.98. The number of rotatable bonds is 4. The van der Waals surface area contributed by atoms with E-state index in [0.29, 0.717) is 21.9 Å². The molecule has 2 heterocycles. The molecule has 0 radical (unpaired) electrons. The lowest BCUT2D eigenvalue weighted by Gasteiger charge is -2.19. The standard InChI is InChI=1S/C18H21Cl2N5O/c1-25-18(22-16(24-25)10-2-4-21-5-3-10)23-17(26)15-9-14(15)11-6-12(19)8-13(20)7-11/h6-8,10,14-15,21H,2-5,9H2,1H3,(H,22,23,24,26). The zero-order valence-corrected chi connectivity index (χ0v) is 16.0. The molecule has 2 fully saturated rings. The van der Waals surface area contributed by atoms with Gasteiger partial charge in [-0.15, -0.1) is 0 Å². The number of carbonyl (C=O) groups is 1. The van der Waals surface area contributed by atoms with E-state index >= 15 is 0 Å². The van der Waals surface area contributed by atoms with Gasteiger partial charge in [0, 0.05) is 28.9 Å². The van der Waals surface area contributed by atoms with Gasteiger partial charge < -0.3 is 5.32 Å². The average Bonchev–Trinajstić information content (AvgIpc) is 3.34. The second-order valence-electron chi connectivity index (χ2n) is 7.08. The Bertz CT molecular complexity index is 811. The summed E-state index contributed by atoms with van der Waals surface area (Å²) in [7, 11) is 1.81. The van der Waals surface area contributed by atoms with Gasteiger partial charge in [-0.05, 0) is 62.0 Å². The van der Waals surface area contributed by atoms with E-state index in [4.69, 9.17) is 23.2 Å². The normalized spacial score (nSPS) is 23.0. The molecule has 1 aromatic heterocycles. The van der Waals surface area contributed by atoms with Crippen LogP contribution in [0.1, 0.15) is 42.5 Å². The smallest absolute Gasteiger partial charge is 0.230 e. The fourth-order valence-corrected chi connectivity index (χ4v) is 4.15. The van der Waals surface area contributed by atoms with Gasteiger partial charge in [0.2, 0.25) is 11.9 Å². The van der Waals surface area contributed by atoms with E-state index in [2.05, 4.69) is 20.7 Å². The van der Waals surface area contributed by atoms with Gasteiger partial charge in [0.05, 0.1) is 0 Å². The SMILES string of the molecule is Cn1nc(C2CCNCC2)nc1NC(=O)C1CC1c1cc(Cl)cc(Cl)c1. The molecule has 8 heteroatoms. The minimum atomic E-state index is -0.0800. The van der Waals surface area contributed by atoms with Crippen LogP contribution in [0.4, 0.5) is 5.95 Å². The van der Waals surface area contributed by atoms with Crippen molar-refractivity contribution in [3.8, 4) is 0 Å². The number of hydrogen-bond donors (Lipinski definition) is 2. The Morgan fingerprint density at radius 1 is 1.23 bits per heavy atom. The molecule has 0 bridgehead atoms. The maximum atomic E-state index is 12.6. The summed E-state index contributed by atoms with van der Waals surface area (Å²) in [6, 6.07) is 5.46. The van der Waals surface area contributed by atoms with Gasteiger partial charge in [0.25, 0.3) is 0 Å². The number of carbonyl (C=O) groups excluding carboxylic acids is 1. The monoisotopic (exact) mass is 393 g/mol. The number of anilines is 1. The van der Waals surface area contributed by atoms with Gasteiger partial charge in [-0.3, -0.25) is 10.1 Å². The van der Waals surface area contributed by atoms with Gasteiger partial charge in [-0.1, -0.05) is 23.2 Å². The Morgan fingerprint density at radius 3 is 2.62 bits per heavy atom. The summed E-state index contributed by atoms with van der Waals surface area (Å²) in [6.45, 7) is 1.97. The topological polar surface area (TPSA) is 71.8 Å². The highest BCUT2D eigenvalue weighted by molar-refractivity contribution is 6.34. The first-order valence-electron chi connectivity index (χ1n) is 8.90. The number of hydrogen-bond acceptors (Lipinski definition) is 4. The first-order chi connectivity index (χ1) is 12.5. The fourth-order valence-electron chi connectivity index (χ4n) is 3.61. The average molecular weight is 394 g/mol. The summed E-state index contributed by atoms with van der Waals surface area (Å²) in [5, 5.41) is 12.0. The molecule has 1 amide bonds. The summed E-state index contributed by atoms with van der Waals surface area (Å²) < 4.78 is 1.66.